The minimum atomic E-state index is 0.224. The highest BCUT2D eigenvalue weighted by atomic mass is 16.1. The maximum atomic E-state index is 11.8. The Morgan fingerprint density at radius 3 is 1.72 bits per heavy atom. The number of hydrogen-bond donors (Lipinski definition) is 0. The summed E-state index contributed by atoms with van der Waals surface area (Å²) >= 11 is 0. The summed E-state index contributed by atoms with van der Waals surface area (Å²) < 4.78 is 0. The van der Waals surface area contributed by atoms with Gasteiger partial charge in [0, 0.05) is 37.8 Å². The Hall–Kier alpha value is -0.700. The molecule has 0 spiro atoms. The van der Waals surface area contributed by atoms with Crippen LogP contribution in [0.15, 0.2) is 0 Å². The van der Waals surface area contributed by atoms with Crippen molar-refractivity contribution >= 4 is 11.6 Å². The highest BCUT2D eigenvalue weighted by Gasteiger charge is 2.27. The molecule has 3 heteroatoms. The summed E-state index contributed by atoms with van der Waals surface area (Å²) in [6.07, 6.45) is 8.13. The van der Waals surface area contributed by atoms with E-state index in [0.29, 0.717) is 11.6 Å². The fraction of sp³-hybridized carbons (Fsp3) is 0.867. The third-order valence-corrected chi connectivity index (χ3v) is 4.43. The van der Waals surface area contributed by atoms with Gasteiger partial charge in [-0.15, -0.1) is 0 Å². The maximum absolute atomic E-state index is 11.8. The van der Waals surface area contributed by atoms with Crippen LogP contribution in [0, 0.1) is 11.8 Å². The zero-order chi connectivity index (χ0) is 13.0. The monoisotopic (exact) mass is 251 g/mol. The van der Waals surface area contributed by atoms with Gasteiger partial charge >= 0.3 is 0 Å². The van der Waals surface area contributed by atoms with Gasteiger partial charge in [0.05, 0.1) is 0 Å². The normalized spacial score (nSPS) is 29.9. The molecule has 0 unspecified atom stereocenters. The zero-order valence-electron chi connectivity index (χ0n) is 11.5. The lowest BCUT2D eigenvalue weighted by molar-refractivity contribution is -0.125. The molecule has 102 valence electrons. The van der Waals surface area contributed by atoms with Crippen LogP contribution in [-0.4, -0.2) is 36.6 Å². The number of carbonyl (C=O) groups is 2. The topological polar surface area (TPSA) is 37.4 Å². The average molecular weight is 251 g/mol. The van der Waals surface area contributed by atoms with Gasteiger partial charge in [-0.25, -0.2) is 0 Å². The van der Waals surface area contributed by atoms with Crippen molar-refractivity contribution in [2.24, 2.45) is 11.8 Å². The summed E-state index contributed by atoms with van der Waals surface area (Å²) in [5, 5.41) is 0. The second-order valence-electron chi connectivity index (χ2n) is 6.04. The Balaban J connectivity index is 1.78. The van der Waals surface area contributed by atoms with Crippen molar-refractivity contribution in [3.05, 3.63) is 0 Å². The lowest BCUT2D eigenvalue weighted by Crippen LogP contribution is -2.37. The standard InChI is InChI=1S/C15H25NO2/c1-16(10-12-6-2-4-8-14(12)17)11-13-7-3-5-9-15(13)18/h12-13H,2-11H2,1H3/t12-,13+. The van der Waals surface area contributed by atoms with Crippen molar-refractivity contribution in [1.29, 1.82) is 0 Å². The minimum absolute atomic E-state index is 0.224. The van der Waals surface area contributed by atoms with Crippen molar-refractivity contribution in [1.82, 2.24) is 4.90 Å². The zero-order valence-corrected chi connectivity index (χ0v) is 11.5. The van der Waals surface area contributed by atoms with Gasteiger partial charge in [0.25, 0.3) is 0 Å². The van der Waals surface area contributed by atoms with Crippen molar-refractivity contribution in [3.63, 3.8) is 0 Å². The van der Waals surface area contributed by atoms with Gasteiger partial charge in [0.2, 0.25) is 0 Å². The predicted octanol–water partition coefficient (Wildman–Crippen LogP) is 2.44. The van der Waals surface area contributed by atoms with Crippen LogP contribution in [0.25, 0.3) is 0 Å². The number of carbonyl (C=O) groups excluding carboxylic acids is 2. The van der Waals surface area contributed by atoms with Gasteiger partial charge in [-0.3, -0.25) is 9.59 Å². The molecular formula is C15H25NO2. The van der Waals surface area contributed by atoms with Crippen LogP contribution in [0.5, 0.6) is 0 Å². The van der Waals surface area contributed by atoms with Crippen LogP contribution in [0.4, 0.5) is 0 Å². The highest BCUT2D eigenvalue weighted by molar-refractivity contribution is 5.82. The second kappa shape index (κ2) is 6.46. The van der Waals surface area contributed by atoms with E-state index in [1.807, 2.05) is 0 Å². The van der Waals surface area contributed by atoms with Gasteiger partial charge in [-0.2, -0.15) is 0 Å². The first-order chi connectivity index (χ1) is 8.66. The molecule has 0 aromatic heterocycles. The molecule has 2 rings (SSSR count). The lowest BCUT2D eigenvalue weighted by atomic mass is 9.86. The molecule has 0 saturated heterocycles. The number of ketones is 2. The summed E-state index contributed by atoms with van der Waals surface area (Å²) in [5.41, 5.74) is 0. The Morgan fingerprint density at radius 1 is 0.889 bits per heavy atom. The van der Waals surface area contributed by atoms with Crippen LogP contribution < -0.4 is 0 Å². The Bertz CT molecular complexity index is 284. The van der Waals surface area contributed by atoms with Gasteiger partial charge in [-0.1, -0.05) is 12.8 Å². The van der Waals surface area contributed by atoms with E-state index in [0.717, 1.165) is 51.6 Å². The van der Waals surface area contributed by atoms with E-state index in [1.165, 1.54) is 12.8 Å². The molecule has 0 heterocycles. The van der Waals surface area contributed by atoms with Crippen molar-refractivity contribution in [3.8, 4) is 0 Å². The van der Waals surface area contributed by atoms with Crippen molar-refractivity contribution in [2.45, 2.75) is 51.4 Å². The van der Waals surface area contributed by atoms with Gasteiger partial charge < -0.3 is 4.90 Å². The smallest absolute Gasteiger partial charge is 0.137 e. The molecule has 0 radical (unpaired) electrons. The first kappa shape index (κ1) is 13.7. The third kappa shape index (κ3) is 3.64. The van der Waals surface area contributed by atoms with Crippen LogP contribution in [0.3, 0.4) is 0 Å². The summed E-state index contributed by atoms with van der Waals surface area (Å²) in [6, 6.07) is 0. The number of nitrogens with zero attached hydrogens (tertiary/aromatic N) is 1. The summed E-state index contributed by atoms with van der Waals surface area (Å²) in [6.45, 7) is 1.70. The first-order valence-corrected chi connectivity index (χ1v) is 7.41. The van der Waals surface area contributed by atoms with Gasteiger partial charge in [0.1, 0.15) is 11.6 Å². The van der Waals surface area contributed by atoms with E-state index in [-0.39, 0.29) is 11.8 Å². The van der Waals surface area contributed by atoms with Crippen molar-refractivity contribution < 1.29 is 9.59 Å². The van der Waals surface area contributed by atoms with Crippen LogP contribution in [0.2, 0.25) is 0 Å². The highest BCUT2D eigenvalue weighted by Crippen LogP contribution is 2.24. The molecule has 3 nitrogen and oxygen atoms in total. The minimum Gasteiger partial charge on any atom is -0.305 e. The third-order valence-electron chi connectivity index (χ3n) is 4.43. The molecule has 0 aliphatic heterocycles. The molecule has 0 aromatic carbocycles. The lowest BCUT2D eigenvalue weighted by Gasteiger charge is -2.29. The molecule has 0 amide bonds. The molecule has 0 bridgehead atoms. The molecule has 0 N–H and O–H groups in total. The summed E-state index contributed by atoms with van der Waals surface area (Å²) in [7, 11) is 2.06. The van der Waals surface area contributed by atoms with Gasteiger partial charge in [-0.05, 0) is 32.7 Å². The van der Waals surface area contributed by atoms with Crippen molar-refractivity contribution in [2.75, 3.05) is 20.1 Å². The molecule has 2 aliphatic rings. The molecule has 2 fully saturated rings. The van der Waals surface area contributed by atoms with Crippen LogP contribution in [0.1, 0.15) is 51.4 Å². The average Bonchev–Trinajstić information content (AvgIpc) is 2.35. The Kier molecular flexibility index (Phi) is 4.93. The molecule has 0 aromatic rings. The largest absolute Gasteiger partial charge is 0.305 e. The molecular weight excluding hydrogens is 226 g/mol. The fourth-order valence-electron chi connectivity index (χ4n) is 3.32. The Labute approximate surface area is 110 Å². The van der Waals surface area contributed by atoms with Crippen LogP contribution in [-0.2, 0) is 9.59 Å². The second-order valence-corrected chi connectivity index (χ2v) is 6.04. The number of rotatable bonds is 4. The van der Waals surface area contributed by atoms with E-state index < -0.39 is 0 Å². The van der Waals surface area contributed by atoms with E-state index in [9.17, 15) is 9.59 Å². The first-order valence-electron chi connectivity index (χ1n) is 7.41. The van der Waals surface area contributed by atoms with E-state index >= 15 is 0 Å². The maximum Gasteiger partial charge on any atom is 0.137 e. The van der Waals surface area contributed by atoms with Gasteiger partial charge in [0.15, 0.2) is 0 Å². The SMILES string of the molecule is CN(C[C@H]1CCCCC1=O)C[C@@H]1CCCCC1=O. The predicted molar refractivity (Wildman–Crippen MR) is 71.4 cm³/mol. The molecule has 2 atom stereocenters. The summed E-state index contributed by atoms with van der Waals surface area (Å²) in [5.74, 6) is 1.32. The number of hydrogen-bond acceptors (Lipinski definition) is 3. The molecule has 2 aliphatic carbocycles. The summed E-state index contributed by atoms with van der Waals surface area (Å²) in [4.78, 5) is 25.8. The fourth-order valence-corrected chi connectivity index (χ4v) is 3.32. The van der Waals surface area contributed by atoms with Crippen LogP contribution >= 0.6 is 0 Å². The van der Waals surface area contributed by atoms with E-state index in [1.54, 1.807) is 0 Å². The Morgan fingerprint density at radius 2 is 1.33 bits per heavy atom. The number of Topliss-reactive ketones (excluding diaryl/α,β-unsaturated/α-hetero) is 2. The molecule has 18 heavy (non-hydrogen) atoms. The van der Waals surface area contributed by atoms with E-state index in [2.05, 4.69) is 11.9 Å². The van der Waals surface area contributed by atoms with E-state index in [4.69, 9.17) is 0 Å². The molecule has 2 saturated carbocycles. The quantitative estimate of drug-likeness (QED) is 0.770.